The Hall–Kier alpha value is -3.79. The molecule has 10 heteroatoms. The average molecular weight is 452 g/mol. The fourth-order valence-corrected chi connectivity index (χ4v) is 3.95. The molecular formula is C22H20N4O5S. The first-order valence-corrected chi connectivity index (χ1v) is 10.5. The normalized spacial score (nSPS) is 10.8. The Morgan fingerprint density at radius 1 is 0.938 bits per heavy atom. The number of benzene rings is 2. The molecule has 0 saturated carbocycles. The van der Waals surface area contributed by atoms with Gasteiger partial charge in [-0.25, -0.2) is 0 Å². The summed E-state index contributed by atoms with van der Waals surface area (Å²) in [7, 11) is 4.63. The molecule has 0 aliphatic heterocycles. The van der Waals surface area contributed by atoms with Crippen LogP contribution in [0.1, 0.15) is 10.4 Å². The molecule has 0 saturated heterocycles. The number of ether oxygens (including phenoxy) is 3. The average Bonchev–Trinajstić information content (AvgIpc) is 3.26. The van der Waals surface area contributed by atoms with Crippen LogP contribution in [-0.4, -0.2) is 52.0 Å². The van der Waals surface area contributed by atoms with Crippen molar-refractivity contribution in [2.24, 2.45) is 0 Å². The van der Waals surface area contributed by atoms with E-state index in [0.29, 0.717) is 33.7 Å². The standard InChI is InChI=1S/C22H20N4O5S/c1-29-16-7-5-15(6-8-16)25-10-11-26-20(21(25)28)23-24-22(26)32-13-17(27)14-4-9-18(30-2)19(12-14)31-3/h4-12H,13H2,1-3H3. The van der Waals surface area contributed by atoms with Crippen LogP contribution in [0.4, 0.5) is 0 Å². The van der Waals surface area contributed by atoms with Crippen LogP contribution >= 0.6 is 11.8 Å². The van der Waals surface area contributed by atoms with Gasteiger partial charge in [-0.1, -0.05) is 11.8 Å². The van der Waals surface area contributed by atoms with E-state index in [-0.39, 0.29) is 22.7 Å². The predicted molar refractivity (Wildman–Crippen MR) is 120 cm³/mol. The first-order chi connectivity index (χ1) is 15.5. The van der Waals surface area contributed by atoms with Crippen molar-refractivity contribution < 1.29 is 19.0 Å². The summed E-state index contributed by atoms with van der Waals surface area (Å²) in [5.41, 5.74) is 1.03. The van der Waals surface area contributed by atoms with Crippen molar-refractivity contribution in [3.8, 4) is 22.9 Å². The molecule has 0 fully saturated rings. The highest BCUT2D eigenvalue weighted by Crippen LogP contribution is 2.28. The number of nitrogens with zero attached hydrogens (tertiary/aromatic N) is 4. The smallest absolute Gasteiger partial charge is 0.300 e. The quantitative estimate of drug-likeness (QED) is 0.297. The fourth-order valence-electron chi connectivity index (χ4n) is 3.13. The van der Waals surface area contributed by atoms with Crippen LogP contribution < -0.4 is 19.8 Å². The van der Waals surface area contributed by atoms with Gasteiger partial charge in [0.15, 0.2) is 22.4 Å². The first-order valence-electron chi connectivity index (χ1n) is 9.54. The number of ketones is 1. The van der Waals surface area contributed by atoms with E-state index in [1.807, 2.05) is 0 Å². The van der Waals surface area contributed by atoms with E-state index in [1.165, 1.54) is 30.5 Å². The molecule has 4 aromatic rings. The van der Waals surface area contributed by atoms with E-state index in [2.05, 4.69) is 10.2 Å². The van der Waals surface area contributed by atoms with Crippen molar-refractivity contribution in [2.75, 3.05) is 27.1 Å². The Kier molecular flexibility index (Phi) is 6.13. The molecule has 0 amide bonds. The number of aromatic nitrogens is 4. The molecule has 2 aromatic heterocycles. The minimum Gasteiger partial charge on any atom is -0.497 e. The van der Waals surface area contributed by atoms with Gasteiger partial charge >= 0.3 is 5.56 Å². The largest absolute Gasteiger partial charge is 0.497 e. The molecule has 0 N–H and O–H groups in total. The number of thioether (sulfide) groups is 1. The second-order valence-electron chi connectivity index (χ2n) is 6.63. The number of methoxy groups -OCH3 is 3. The molecule has 0 radical (unpaired) electrons. The summed E-state index contributed by atoms with van der Waals surface area (Å²) in [5.74, 6) is 1.74. The monoisotopic (exact) mass is 452 g/mol. The minimum atomic E-state index is -0.316. The first kappa shape index (κ1) is 21.4. The van der Waals surface area contributed by atoms with E-state index in [4.69, 9.17) is 14.2 Å². The van der Waals surface area contributed by atoms with Crippen LogP contribution in [0.2, 0.25) is 0 Å². The van der Waals surface area contributed by atoms with Crippen molar-refractivity contribution in [1.82, 2.24) is 19.2 Å². The number of hydrogen-bond donors (Lipinski definition) is 0. The molecular weight excluding hydrogens is 432 g/mol. The van der Waals surface area contributed by atoms with E-state index >= 15 is 0 Å². The van der Waals surface area contributed by atoms with E-state index in [1.54, 1.807) is 66.4 Å². The number of rotatable bonds is 8. The van der Waals surface area contributed by atoms with Crippen molar-refractivity contribution in [2.45, 2.75) is 5.16 Å². The molecule has 0 bridgehead atoms. The highest BCUT2D eigenvalue weighted by atomic mass is 32.2. The van der Waals surface area contributed by atoms with E-state index < -0.39 is 0 Å². The van der Waals surface area contributed by atoms with Gasteiger partial charge in [-0.15, -0.1) is 10.2 Å². The fraction of sp³-hybridized carbons (Fsp3) is 0.182. The van der Waals surface area contributed by atoms with Gasteiger partial charge in [0.1, 0.15) is 5.75 Å². The molecule has 0 aliphatic carbocycles. The van der Waals surface area contributed by atoms with Gasteiger partial charge < -0.3 is 14.2 Å². The molecule has 2 aromatic carbocycles. The SMILES string of the molecule is COc1ccc(-n2ccn3c(SCC(=O)c4ccc(OC)c(OC)c4)nnc3c2=O)cc1. The highest BCUT2D eigenvalue weighted by molar-refractivity contribution is 7.99. The lowest BCUT2D eigenvalue weighted by Gasteiger charge is -2.09. The minimum absolute atomic E-state index is 0.112. The lowest BCUT2D eigenvalue weighted by Crippen LogP contribution is -2.20. The molecule has 9 nitrogen and oxygen atoms in total. The second kappa shape index (κ2) is 9.15. The number of carbonyl (C=O) groups excluding carboxylic acids is 1. The molecule has 0 unspecified atom stereocenters. The Balaban J connectivity index is 1.55. The Morgan fingerprint density at radius 3 is 2.38 bits per heavy atom. The summed E-state index contributed by atoms with van der Waals surface area (Å²) >= 11 is 1.20. The number of hydrogen-bond acceptors (Lipinski definition) is 8. The third kappa shape index (κ3) is 4.04. The van der Waals surface area contributed by atoms with Crippen LogP contribution in [0.25, 0.3) is 11.3 Å². The zero-order chi connectivity index (χ0) is 22.7. The van der Waals surface area contributed by atoms with E-state index in [0.717, 1.165) is 0 Å². The van der Waals surface area contributed by atoms with Crippen molar-refractivity contribution in [1.29, 1.82) is 0 Å². The topological polar surface area (TPSA) is 97.0 Å². The van der Waals surface area contributed by atoms with Crippen molar-refractivity contribution >= 4 is 23.2 Å². The number of Topliss-reactive ketones (excluding diaryl/α,β-unsaturated/α-hetero) is 1. The summed E-state index contributed by atoms with van der Waals surface area (Å²) in [6.45, 7) is 0. The Morgan fingerprint density at radius 2 is 1.69 bits per heavy atom. The molecule has 0 atom stereocenters. The van der Waals surface area contributed by atoms with Gasteiger partial charge in [-0.05, 0) is 42.5 Å². The van der Waals surface area contributed by atoms with Crippen LogP contribution in [0.3, 0.4) is 0 Å². The summed E-state index contributed by atoms with van der Waals surface area (Å²) in [4.78, 5) is 25.5. The van der Waals surface area contributed by atoms with Crippen molar-refractivity contribution in [3.63, 3.8) is 0 Å². The molecule has 4 rings (SSSR count). The third-order valence-corrected chi connectivity index (χ3v) is 5.77. The van der Waals surface area contributed by atoms with Crippen molar-refractivity contribution in [3.05, 3.63) is 70.8 Å². The summed E-state index contributed by atoms with van der Waals surface area (Å²) in [6.07, 6.45) is 3.34. The zero-order valence-corrected chi connectivity index (χ0v) is 18.5. The maximum Gasteiger partial charge on any atom is 0.300 e. The van der Waals surface area contributed by atoms with Crippen LogP contribution in [0.15, 0.2) is 64.8 Å². The molecule has 0 spiro atoms. The summed E-state index contributed by atoms with van der Waals surface area (Å²) < 4.78 is 18.7. The molecule has 164 valence electrons. The van der Waals surface area contributed by atoms with Gasteiger partial charge in [0.05, 0.1) is 27.1 Å². The van der Waals surface area contributed by atoms with Gasteiger partial charge in [-0.2, -0.15) is 0 Å². The Bertz CT molecular complexity index is 1330. The van der Waals surface area contributed by atoms with Crippen LogP contribution in [0.5, 0.6) is 17.2 Å². The Labute approximate surface area is 187 Å². The van der Waals surface area contributed by atoms with Gasteiger partial charge in [0.25, 0.3) is 0 Å². The maximum atomic E-state index is 12.9. The summed E-state index contributed by atoms with van der Waals surface area (Å²) in [5, 5.41) is 8.57. The van der Waals surface area contributed by atoms with Crippen LogP contribution in [-0.2, 0) is 0 Å². The zero-order valence-electron chi connectivity index (χ0n) is 17.6. The summed E-state index contributed by atoms with van der Waals surface area (Å²) in [6, 6.07) is 12.1. The second-order valence-corrected chi connectivity index (χ2v) is 7.57. The van der Waals surface area contributed by atoms with Gasteiger partial charge in [0, 0.05) is 23.6 Å². The third-order valence-electron chi connectivity index (χ3n) is 4.83. The lowest BCUT2D eigenvalue weighted by molar-refractivity contribution is 0.102. The molecule has 0 aliphatic rings. The lowest BCUT2D eigenvalue weighted by atomic mass is 10.1. The van der Waals surface area contributed by atoms with E-state index in [9.17, 15) is 9.59 Å². The van der Waals surface area contributed by atoms with Crippen LogP contribution in [0, 0.1) is 0 Å². The highest BCUT2D eigenvalue weighted by Gasteiger charge is 2.16. The van der Waals surface area contributed by atoms with Gasteiger partial charge in [0.2, 0.25) is 5.65 Å². The molecule has 2 heterocycles. The predicted octanol–water partition coefficient (Wildman–Crippen LogP) is 2.88. The maximum absolute atomic E-state index is 12.9. The number of carbonyl (C=O) groups is 1. The number of fused-ring (bicyclic) bond motifs is 1. The van der Waals surface area contributed by atoms with Gasteiger partial charge in [-0.3, -0.25) is 18.6 Å². The molecule has 32 heavy (non-hydrogen) atoms.